The first-order valence-corrected chi connectivity index (χ1v) is 13.4. The Bertz CT molecular complexity index is 1530. The number of nitrogens with zero attached hydrogens (tertiary/aromatic N) is 3. The van der Waals surface area contributed by atoms with Crippen LogP contribution in [0.2, 0.25) is 0 Å². The Hall–Kier alpha value is -3.72. The van der Waals surface area contributed by atoms with Crippen molar-refractivity contribution in [3.05, 3.63) is 71.0 Å². The van der Waals surface area contributed by atoms with Gasteiger partial charge in [-0.25, -0.2) is 23.5 Å². The fourth-order valence-corrected chi connectivity index (χ4v) is 5.30. The van der Waals surface area contributed by atoms with Crippen LogP contribution in [0.5, 0.6) is 0 Å². The number of anilines is 1. The van der Waals surface area contributed by atoms with Crippen LogP contribution in [-0.2, 0) is 28.8 Å². The van der Waals surface area contributed by atoms with Crippen LogP contribution in [0.15, 0.2) is 53.8 Å². The number of alkyl halides is 6. The predicted molar refractivity (Wildman–Crippen MR) is 132 cm³/mol. The zero-order chi connectivity index (χ0) is 29.5. The van der Waals surface area contributed by atoms with Crippen LogP contribution < -0.4 is 15.8 Å². The lowest BCUT2D eigenvalue weighted by atomic mass is 9.90. The van der Waals surface area contributed by atoms with E-state index in [1.165, 1.54) is 12.1 Å². The Balaban J connectivity index is 1.75. The summed E-state index contributed by atoms with van der Waals surface area (Å²) in [5.41, 5.74) is 2.60. The van der Waals surface area contributed by atoms with Gasteiger partial charge in [0, 0.05) is 31.0 Å². The topological polar surface area (TPSA) is 132 Å². The molecule has 8 nitrogen and oxygen atoms in total. The second-order valence-electron chi connectivity index (χ2n) is 9.39. The van der Waals surface area contributed by atoms with Gasteiger partial charge < -0.3 is 10.6 Å². The van der Waals surface area contributed by atoms with Crippen molar-refractivity contribution in [2.75, 3.05) is 18.0 Å². The maximum absolute atomic E-state index is 14.1. The van der Waals surface area contributed by atoms with Gasteiger partial charge in [0.1, 0.15) is 5.82 Å². The molecule has 1 fully saturated rings. The van der Waals surface area contributed by atoms with Gasteiger partial charge >= 0.3 is 12.4 Å². The molecule has 1 unspecified atom stereocenters. The fraction of sp³-hybridized carbons (Fsp3) is 0.320. The molecule has 15 heteroatoms. The third-order valence-corrected chi connectivity index (χ3v) is 7.36. The van der Waals surface area contributed by atoms with E-state index in [1.807, 2.05) is 0 Å². The van der Waals surface area contributed by atoms with Crippen LogP contribution in [-0.4, -0.2) is 37.4 Å². The highest BCUT2D eigenvalue weighted by molar-refractivity contribution is 7.89. The molecule has 1 aliphatic rings. The fourth-order valence-electron chi connectivity index (χ4n) is 4.80. The smallest absolute Gasteiger partial charge is 0.365 e. The molecule has 3 aromatic rings. The summed E-state index contributed by atoms with van der Waals surface area (Å²) in [4.78, 5) is 21.8. The van der Waals surface area contributed by atoms with Crippen molar-refractivity contribution in [3.63, 3.8) is 0 Å². The van der Waals surface area contributed by atoms with Gasteiger partial charge in [0.15, 0.2) is 5.03 Å². The van der Waals surface area contributed by atoms with E-state index in [9.17, 15) is 39.6 Å². The van der Waals surface area contributed by atoms with Gasteiger partial charge in [-0.3, -0.25) is 4.79 Å². The van der Waals surface area contributed by atoms with Crippen molar-refractivity contribution in [2.24, 2.45) is 16.8 Å². The summed E-state index contributed by atoms with van der Waals surface area (Å²) in [6.45, 7) is 0.554. The second kappa shape index (κ2) is 10.7. The minimum absolute atomic E-state index is 0.117. The number of benzene rings is 1. The van der Waals surface area contributed by atoms with Crippen molar-refractivity contribution < 1.29 is 39.6 Å². The van der Waals surface area contributed by atoms with Crippen molar-refractivity contribution in [1.82, 2.24) is 9.97 Å². The molecule has 1 saturated heterocycles. The van der Waals surface area contributed by atoms with E-state index < -0.39 is 55.6 Å². The maximum Gasteiger partial charge on any atom is 0.418 e. The molecule has 1 aromatic carbocycles. The summed E-state index contributed by atoms with van der Waals surface area (Å²) in [6.07, 6.45) is -6.33. The molecule has 1 aliphatic heterocycles. The molecule has 0 aliphatic carbocycles. The quantitative estimate of drug-likeness (QED) is 0.412. The number of primary sulfonamides is 1. The standard InChI is InChI=1S/C25H23F6N5O3S/c26-24(27,28)17-5-3-14(4-6-17)10-15-2-1-9-36(13-15)23-21(22(32)37)20(18(12-35-23)25(29,30)31)16-7-8-34-19(11-16)40(33,38)39/h3-8,11-12,15H,1-2,9-10,13H2,(H2,32,37)(H2,33,38,39). The number of hydrogen-bond acceptors (Lipinski definition) is 6. The third kappa shape index (κ3) is 6.36. The number of carbonyl (C=O) groups excluding carboxylic acids is 1. The van der Waals surface area contributed by atoms with E-state index in [1.54, 1.807) is 4.90 Å². The highest BCUT2D eigenvalue weighted by Crippen LogP contribution is 2.42. The van der Waals surface area contributed by atoms with Crippen LogP contribution in [0.1, 0.15) is 39.9 Å². The highest BCUT2D eigenvalue weighted by Gasteiger charge is 2.39. The van der Waals surface area contributed by atoms with Crippen LogP contribution >= 0.6 is 0 Å². The van der Waals surface area contributed by atoms with E-state index in [0.29, 0.717) is 37.6 Å². The number of piperidine rings is 1. The number of hydrogen-bond donors (Lipinski definition) is 2. The van der Waals surface area contributed by atoms with Crippen LogP contribution in [0.25, 0.3) is 11.1 Å². The lowest BCUT2D eigenvalue weighted by molar-refractivity contribution is -0.138. The normalized spacial score (nSPS) is 16.7. The number of rotatable bonds is 6. The SMILES string of the molecule is NC(=O)c1c(N2CCCC(Cc3ccc(C(F)(F)F)cc3)C2)ncc(C(F)(F)F)c1-c1ccnc(S(N)(=O)=O)c1. The van der Waals surface area contributed by atoms with E-state index in [4.69, 9.17) is 10.9 Å². The van der Waals surface area contributed by atoms with E-state index in [0.717, 1.165) is 30.5 Å². The number of carbonyl (C=O) groups is 1. The summed E-state index contributed by atoms with van der Waals surface area (Å²) < 4.78 is 104. The van der Waals surface area contributed by atoms with Crippen molar-refractivity contribution in [1.29, 1.82) is 0 Å². The Kier molecular flexibility index (Phi) is 7.82. The molecular formula is C25H23F6N5O3S. The van der Waals surface area contributed by atoms with Gasteiger partial charge in [0.2, 0.25) is 0 Å². The largest absolute Gasteiger partial charge is 0.418 e. The monoisotopic (exact) mass is 587 g/mol. The van der Waals surface area contributed by atoms with Crippen LogP contribution in [0.3, 0.4) is 0 Å². The molecular weight excluding hydrogens is 564 g/mol. The molecule has 2 aromatic heterocycles. The summed E-state index contributed by atoms with van der Waals surface area (Å²) in [7, 11) is -4.39. The van der Waals surface area contributed by atoms with E-state index >= 15 is 0 Å². The number of primary amides is 1. The maximum atomic E-state index is 14.1. The number of pyridine rings is 2. The van der Waals surface area contributed by atoms with Crippen molar-refractivity contribution in [3.8, 4) is 11.1 Å². The number of halogens is 6. The number of sulfonamides is 1. The molecule has 4 N–H and O–H groups in total. The van der Waals surface area contributed by atoms with E-state index in [2.05, 4.69) is 9.97 Å². The van der Waals surface area contributed by atoms with Crippen LogP contribution in [0, 0.1) is 5.92 Å². The molecule has 3 heterocycles. The Morgan fingerprint density at radius 2 is 1.70 bits per heavy atom. The summed E-state index contributed by atoms with van der Waals surface area (Å²) in [5.74, 6) is -1.46. The molecule has 1 amide bonds. The zero-order valence-corrected chi connectivity index (χ0v) is 21.4. The summed E-state index contributed by atoms with van der Waals surface area (Å²) >= 11 is 0. The Labute approximate surface area is 225 Å². The molecule has 4 rings (SSSR count). The molecule has 0 spiro atoms. The number of amides is 1. The predicted octanol–water partition coefficient (Wildman–Crippen LogP) is 4.39. The van der Waals surface area contributed by atoms with Gasteiger partial charge in [-0.15, -0.1) is 0 Å². The lowest BCUT2D eigenvalue weighted by Gasteiger charge is -2.35. The second-order valence-corrected chi connectivity index (χ2v) is 10.9. The highest BCUT2D eigenvalue weighted by atomic mass is 32.2. The first kappa shape index (κ1) is 29.3. The molecule has 0 saturated carbocycles. The molecule has 1 atom stereocenters. The summed E-state index contributed by atoms with van der Waals surface area (Å²) in [5, 5.41) is 4.39. The zero-order valence-electron chi connectivity index (χ0n) is 20.6. The average Bonchev–Trinajstić information content (AvgIpc) is 2.87. The minimum atomic E-state index is -4.98. The minimum Gasteiger partial charge on any atom is -0.365 e. The first-order chi connectivity index (χ1) is 18.6. The van der Waals surface area contributed by atoms with Gasteiger partial charge in [-0.05, 0) is 60.6 Å². The number of nitrogens with two attached hydrogens (primary N) is 2. The van der Waals surface area contributed by atoms with Gasteiger partial charge in [0.05, 0.1) is 16.7 Å². The first-order valence-electron chi connectivity index (χ1n) is 11.9. The molecule has 0 radical (unpaired) electrons. The Morgan fingerprint density at radius 3 is 2.27 bits per heavy atom. The Morgan fingerprint density at radius 1 is 1.02 bits per heavy atom. The van der Waals surface area contributed by atoms with Crippen molar-refractivity contribution >= 4 is 21.7 Å². The lowest BCUT2D eigenvalue weighted by Crippen LogP contribution is -2.38. The molecule has 0 bridgehead atoms. The summed E-state index contributed by atoms with van der Waals surface area (Å²) in [6, 6.07) is 6.62. The van der Waals surface area contributed by atoms with E-state index in [-0.39, 0.29) is 23.8 Å². The molecule has 40 heavy (non-hydrogen) atoms. The van der Waals surface area contributed by atoms with Gasteiger partial charge in [-0.1, -0.05) is 12.1 Å². The third-order valence-electron chi connectivity index (χ3n) is 6.55. The van der Waals surface area contributed by atoms with Gasteiger partial charge in [-0.2, -0.15) is 26.3 Å². The van der Waals surface area contributed by atoms with Crippen molar-refractivity contribution in [2.45, 2.75) is 36.6 Å². The van der Waals surface area contributed by atoms with Gasteiger partial charge in [0.25, 0.3) is 15.9 Å². The number of aromatic nitrogens is 2. The average molecular weight is 588 g/mol. The van der Waals surface area contributed by atoms with Crippen LogP contribution in [0.4, 0.5) is 32.2 Å². The molecule has 214 valence electrons.